The van der Waals surface area contributed by atoms with E-state index in [1.165, 1.54) is 30.5 Å². The van der Waals surface area contributed by atoms with Crippen molar-refractivity contribution in [3.63, 3.8) is 0 Å². The molecule has 0 fully saturated rings. The van der Waals surface area contributed by atoms with Crippen molar-refractivity contribution in [2.24, 2.45) is 5.10 Å². The third-order valence-electron chi connectivity index (χ3n) is 3.66. The molecular weight excluding hydrogens is 364 g/mol. The molecular formula is C19H20N4O5. The minimum Gasteiger partial charge on any atom is -0.450 e. The summed E-state index contributed by atoms with van der Waals surface area (Å²) in [5.74, 6) is -0.518. The summed E-state index contributed by atoms with van der Waals surface area (Å²) in [5.41, 5.74) is 3.76. The van der Waals surface area contributed by atoms with Crippen molar-refractivity contribution >= 4 is 23.9 Å². The number of hydrogen-bond acceptors (Lipinski definition) is 6. The smallest absolute Gasteiger partial charge is 0.407 e. The van der Waals surface area contributed by atoms with Crippen LogP contribution in [0.15, 0.2) is 59.7 Å². The van der Waals surface area contributed by atoms with Gasteiger partial charge in [0.25, 0.3) is 11.6 Å². The molecule has 0 spiro atoms. The molecule has 9 nitrogen and oxygen atoms in total. The monoisotopic (exact) mass is 384 g/mol. The quantitative estimate of drug-likeness (QED) is 0.411. The average Bonchev–Trinajstić information content (AvgIpc) is 2.69. The summed E-state index contributed by atoms with van der Waals surface area (Å²) in [5, 5.41) is 17.0. The van der Waals surface area contributed by atoms with Crippen LogP contribution in [0.2, 0.25) is 0 Å². The fourth-order valence-electron chi connectivity index (χ4n) is 2.30. The molecule has 0 aromatic heterocycles. The van der Waals surface area contributed by atoms with E-state index >= 15 is 0 Å². The fourth-order valence-corrected chi connectivity index (χ4v) is 2.30. The normalized spacial score (nSPS) is 11.6. The van der Waals surface area contributed by atoms with Gasteiger partial charge in [-0.15, -0.1) is 0 Å². The van der Waals surface area contributed by atoms with Gasteiger partial charge in [0, 0.05) is 18.6 Å². The molecule has 146 valence electrons. The zero-order valence-corrected chi connectivity index (χ0v) is 15.2. The predicted molar refractivity (Wildman–Crippen MR) is 103 cm³/mol. The van der Waals surface area contributed by atoms with E-state index in [0.29, 0.717) is 5.56 Å². The predicted octanol–water partition coefficient (Wildman–Crippen LogP) is 2.40. The molecule has 0 aliphatic carbocycles. The van der Waals surface area contributed by atoms with Gasteiger partial charge in [0.1, 0.15) is 6.04 Å². The number of non-ortho nitro benzene ring substituents is 1. The number of nitro benzene ring substituents is 1. The summed E-state index contributed by atoms with van der Waals surface area (Å²) in [7, 11) is 0. The molecule has 0 heterocycles. The Kier molecular flexibility index (Phi) is 7.64. The summed E-state index contributed by atoms with van der Waals surface area (Å²) in [6.45, 7) is 1.85. The largest absolute Gasteiger partial charge is 0.450 e. The number of amides is 2. The summed E-state index contributed by atoms with van der Waals surface area (Å²) < 4.78 is 4.84. The molecule has 0 saturated heterocycles. The van der Waals surface area contributed by atoms with E-state index in [0.717, 1.165) is 5.56 Å². The van der Waals surface area contributed by atoms with E-state index in [1.807, 2.05) is 30.3 Å². The van der Waals surface area contributed by atoms with Gasteiger partial charge in [0.15, 0.2) is 0 Å². The first kappa shape index (κ1) is 20.6. The highest BCUT2D eigenvalue weighted by atomic mass is 16.6. The van der Waals surface area contributed by atoms with Crippen molar-refractivity contribution in [3.05, 3.63) is 75.8 Å². The number of nitro groups is 1. The lowest BCUT2D eigenvalue weighted by Crippen LogP contribution is -2.47. The van der Waals surface area contributed by atoms with Crippen molar-refractivity contribution < 1.29 is 19.2 Å². The second kappa shape index (κ2) is 10.4. The molecule has 1 atom stereocenters. The minimum atomic E-state index is -0.879. The molecule has 0 unspecified atom stereocenters. The first-order chi connectivity index (χ1) is 13.5. The van der Waals surface area contributed by atoms with Crippen molar-refractivity contribution in [2.75, 3.05) is 6.61 Å². The highest BCUT2D eigenvalue weighted by Crippen LogP contribution is 2.10. The summed E-state index contributed by atoms with van der Waals surface area (Å²) in [6.07, 6.45) is 0.919. The number of hydrogen-bond donors (Lipinski definition) is 2. The molecule has 0 saturated carbocycles. The van der Waals surface area contributed by atoms with Crippen LogP contribution in [0.1, 0.15) is 18.1 Å². The van der Waals surface area contributed by atoms with E-state index in [-0.39, 0.29) is 18.7 Å². The standard InChI is InChI=1S/C19H20N4O5/c1-2-28-19(25)21-17(12-14-6-4-3-5-7-14)18(24)22-20-13-15-8-10-16(11-9-15)23(26)27/h3-11,13,17H,2,12H2,1H3,(H,21,25)(H,22,24)/b20-13-/t17-/m0/s1. The number of hydrazone groups is 1. The van der Waals surface area contributed by atoms with Crippen LogP contribution in [0.3, 0.4) is 0 Å². The van der Waals surface area contributed by atoms with Crippen LogP contribution in [-0.4, -0.2) is 35.8 Å². The maximum Gasteiger partial charge on any atom is 0.407 e. The number of rotatable bonds is 8. The van der Waals surface area contributed by atoms with Gasteiger partial charge in [-0.05, 0) is 30.2 Å². The highest BCUT2D eigenvalue weighted by molar-refractivity contribution is 5.87. The lowest BCUT2D eigenvalue weighted by molar-refractivity contribution is -0.384. The van der Waals surface area contributed by atoms with Crippen molar-refractivity contribution in [3.8, 4) is 0 Å². The Morgan fingerprint density at radius 1 is 1.18 bits per heavy atom. The lowest BCUT2D eigenvalue weighted by atomic mass is 10.1. The van der Waals surface area contributed by atoms with Crippen LogP contribution in [0, 0.1) is 10.1 Å². The summed E-state index contributed by atoms with van der Waals surface area (Å²) >= 11 is 0. The Morgan fingerprint density at radius 3 is 2.46 bits per heavy atom. The second-order valence-electron chi connectivity index (χ2n) is 5.69. The minimum absolute atomic E-state index is 0.0391. The molecule has 28 heavy (non-hydrogen) atoms. The lowest BCUT2D eigenvalue weighted by Gasteiger charge is -2.16. The van der Waals surface area contributed by atoms with Crippen molar-refractivity contribution in [1.82, 2.24) is 10.7 Å². The molecule has 2 rings (SSSR count). The first-order valence-electron chi connectivity index (χ1n) is 8.54. The topological polar surface area (TPSA) is 123 Å². The molecule has 0 radical (unpaired) electrons. The van der Waals surface area contributed by atoms with Crippen LogP contribution < -0.4 is 10.7 Å². The molecule has 2 aromatic carbocycles. The van der Waals surface area contributed by atoms with Gasteiger partial charge in [-0.2, -0.15) is 5.10 Å². The zero-order chi connectivity index (χ0) is 20.4. The zero-order valence-electron chi connectivity index (χ0n) is 15.2. The van der Waals surface area contributed by atoms with E-state index in [2.05, 4.69) is 15.8 Å². The first-order valence-corrected chi connectivity index (χ1v) is 8.54. The number of benzene rings is 2. The van der Waals surface area contributed by atoms with Crippen LogP contribution in [-0.2, 0) is 16.0 Å². The third kappa shape index (κ3) is 6.52. The maximum absolute atomic E-state index is 12.4. The SMILES string of the molecule is CCOC(=O)N[C@@H](Cc1ccccc1)C(=O)N/N=C\c1ccc([N+](=O)[O-])cc1. The second-order valence-corrected chi connectivity index (χ2v) is 5.69. The van der Waals surface area contributed by atoms with Crippen molar-refractivity contribution in [1.29, 1.82) is 0 Å². The Hall–Kier alpha value is -3.75. The van der Waals surface area contributed by atoms with Crippen LogP contribution >= 0.6 is 0 Å². The van der Waals surface area contributed by atoms with Gasteiger partial charge < -0.3 is 10.1 Å². The summed E-state index contributed by atoms with van der Waals surface area (Å²) in [6, 6.07) is 14.0. The van der Waals surface area contributed by atoms with Crippen LogP contribution in [0.4, 0.5) is 10.5 Å². The van der Waals surface area contributed by atoms with E-state index < -0.39 is 23.0 Å². The number of nitrogens with one attached hydrogen (secondary N) is 2. The number of carbonyl (C=O) groups excluding carboxylic acids is 2. The van der Waals surface area contributed by atoms with Crippen molar-refractivity contribution in [2.45, 2.75) is 19.4 Å². The molecule has 0 aliphatic rings. The van der Waals surface area contributed by atoms with Gasteiger partial charge in [-0.1, -0.05) is 30.3 Å². The third-order valence-corrected chi connectivity index (χ3v) is 3.66. The Bertz CT molecular complexity index is 837. The number of ether oxygens (including phenoxy) is 1. The van der Waals surface area contributed by atoms with Gasteiger partial charge in [0.2, 0.25) is 0 Å². The molecule has 0 bridgehead atoms. The van der Waals surface area contributed by atoms with Gasteiger partial charge in [-0.25, -0.2) is 10.2 Å². The van der Waals surface area contributed by atoms with E-state index in [1.54, 1.807) is 6.92 Å². The van der Waals surface area contributed by atoms with E-state index in [9.17, 15) is 19.7 Å². The summed E-state index contributed by atoms with van der Waals surface area (Å²) in [4.78, 5) is 34.3. The molecule has 2 aromatic rings. The van der Waals surface area contributed by atoms with E-state index in [4.69, 9.17) is 4.74 Å². The molecule has 2 amide bonds. The average molecular weight is 384 g/mol. The van der Waals surface area contributed by atoms with Gasteiger partial charge in [-0.3, -0.25) is 14.9 Å². The van der Waals surface area contributed by atoms with Gasteiger partial charge >= 0.3 is 6.09 Å². The number of carbonyl (C=O) groups is 2. The Labute approximate surface area is 161 Å². The van der Waals surface area contributed by atoms with Crippen LogP contribution in [0.5, 0.6) is 0 Å². The molecule has 2 N–H and O–H groups in total. The highest BCUT2D eigenvalue weighted by Gasteiger charge is 2.21. The van der Waals surface area contributed by atoms with Crippen LogP contribution in [0.25, 0.3) is 0 Å². The maximum atomic E-state index is 12.4. The molecule has 0 aliphatic heterocycles. The Balaban J connectivity index is 2.01. The number of alkyl carbamates (subject to hydrolysis) is 1. The Morgan fingerprint density at radius 2 is 1.86 bits per heavy atom. The number of nitrogens with zero attached hydrogens (tertiary/aromatic N) is 2. The molecule has 9 heteroatoms. The van der Waals surface area contributed by atoms with Gasteiger partial charge in [0.05, 0.1) is 17.7 Å². The fraction of sp³-hybridized carbons (Fsp3) is 0.211.